The van der Waals surface area contributed by atoms with Gasteiger partial charge in [0, 0.05) is 29.0 Å². The van der Waals surface area contributed by atoms with E-state index in [9.17, 15) is 14.7 Å². The van der Waals surface area contributed by atoms with Crippen molar-refractivity contribution in [2.24, 2.45) is 0 Å². The largest absolute Gasteiger partial charge is 0.480 e. The van der Waals surface area contributed by atoms with Gasteiger partial charge in [-0.15, -0.1) is 23.1 Å². The number of likely N-dealkylation sites (tertiary alicyclic amines) is 1. The number of nitrogens with zero attached hydrogens (tertiary/aromatic N) is 3. The number of aromatic nitrogens is 2. The summed E-state index contributed by atoms with van der Waals surface area (Å²) < 4.78 is 0. The molecule has 0 spiro atoms. The molecule has 1 saturated heterocycles. The summed E-state index contributed by atoms with van der Waals surface area (Å²) in [4.78, 5) is 36.0. The van der Waals surface area contributed by atoms with Crippen LogP contribution in [0.3, 0.4) is 0 Å². The molecule has 1 N–H and O–H groups in total. The summed E-state index contributed by atoms with van der Waals surface area (Å²) in [6.45, 7) is 0.531. The van der Waals surface area contributed by atoms with Crippen molar-refractivity contribution >= 4 is 45.2 Å². The van der Waals surface area contributed by atoms with Crippen LogP contribution in [-0.4, -0.2) is 50.2 Å². The summed E-state index contributed by atoms with van der Waals surface area (Å²) in [6.07, 6.45) is 3.14. The Balaban J connectivity index is 1.44. The number of carboxylic acids is 1. The molecule has 1 fully saturated rings. The summed E-state index contributed by atoms with van der Waals surface area (Å²) in [5.41, 5.74) is 1.14. The smallest absolute Gasteiger partial charge is 0.326 e. The maximum absolute atomic E-state index is 12.4. The lowest BCUT2D eigenvalue weighted by Gasteiger charge is -2.21. The fourth-order valence-electron chi connectivity index (χ4n) is 3.39. The van der Waals surface area contributed by atoms with Crippen molar-refractivity contribution < 1.29 is 14.7 Å². The Bertz CT molecular complexity index is 1010. The molecule has 1 aromatic carbocycles. The molecule has 28 heavy (non-hydrogen) atoms. The summed E-state index contributed by atoms with van der Waals surface area (Å²) >= 11 is 3.14. The van der Waals surface area contributed by atoms with Crippen molar-refractivity contribution in [3.05, 3.63) is 42.7 Å². The third-order valence-electron chi connectivity index (χ3n) is 4.76. The number of hydrogen-bond acceptors (Lipinski definition) is 6. The van der Waals surface area contributed by atoms with Gasteiger partial charge in [-0.05, 0) is 24.5 Å². The van der Waals surface area contributed by atoms with E-state index in [-0.39, 0.29) is 5.91 Å². The molecule has 6 nitrogen and oxygen atoms in total. The van der Waals surface area contributed by atoms with E-state index in [2.05, 4.69) is 28.2 Å². The van der Waals surface area contributed by atoms with Crippen LogP contribution in [-0.2, 0) is 9.59 Å². The molecule has 2 aromatic heterocycles. The quantitative estimate of drug-likeness (QED) is 0.487. The predicted molar refractivity (Wildman–Crippen MR) is 111 cm³/mol. The first-order valence-electron chi connectivity index (χ1n) is 9.08. The fraction of sp³-hybridized carbons (Fsp3) is 0.300. The van der Waals surface area contributed by atoms with Gasteiger partial charge < -0.3 is 10.0 Å². The molecule has 144 valence electrons. The predicted octanol–water partition coefficient (Wildman–Crippen LogP) is 3.92. The molecular weight excluding hydrogens is 394 g/mol. The molecule has 1 aliphatic rings. The lowest BCUT2D eigenvalue weighted by atomic mass is 10.2. The summed E-state index contributed by atoms with van der Waals surface area (Å²) in [5, 5.41) is 11.1. The molecule has 0 radical (unpaired) electrons. The maximum Gasteiger partial charge on any atom is 0.326 e. The third kappa shape index (κ3) is 3.88. The van der Waals surface area contributed by atoms with Crippen molar-refractivity contribution in [3.63, 3.8) is 0 Å². The Kier molecular flexibility index (Phi) is 5.59. The number of carbonyl (C=O) groups is 2. The van der Waals surface area contributed by atoms with E-state index >= 15 is 0 Å². The average Bonchev–Trinajstić information content (AvgIpc) is 3.36. The first kappa shape index (κ1) is 18.9. The van der Waals surface area contributed by atoms with E-state index in [1.165, 1.54) is 16.7 Å². The SMILES string of the molecule is O=C(O)C1CCCN1C(=O)CCSc1ncnc2sc(-c3ccccc3)cc12. The van der Waals surface area contributed by atoms with Crippen LogP contribution in [0.1, 0.15) is 19.3 Å². The van der Waals surface area contributed by atoms with Crippen LogP contribution in [0.2, 0.25) is 0 Å². The Morgan fingerprint density at radius 3 is 2.86 bits per heavy atom. The molecule has 0 aliphatic carbocycles. The van der Waals surface area contributed by atoms with E-state index in [0.717, 1.165) is 32.1 Å². The molecule has 1 aliphatic heterocycles. The number of thioether (sulfide) groups is 1. The number of thiophene rings is 1. The molecule has 1 amide bonds. The van der Waals surface area contributed by atoms with E-state index < -0.39 is 12.0 Å². The van der Waals surface area contributed by atoms with Gasteiger partial charge in [0.1, 0.15) is 22.2 Å². The van der Waals surface area contributed by atoms with Crippen LogP contribution < -0.4 is 0 Å². The Morgan fingerprint density at radius 2 is 2.07 bits per heavy atom. The van der Waals surface area contributed by atoms with Crippen molar-refractivity contribution in [1.82, 2.24) is 14.9 Å². The zero-order valence-electron chi connectivity index (χ0n) is 15.1. The number of hydrogen-bond donors (Lipinski definition) is 1. The van der Waals surface area contributed by atoms with Crippen molar-refractivity contribution in [2.75, 3.05) is 12.3 Å². The van der Waals surface area contributed by atoms with Gasteiger partial charge in [0.2, 0.25) is 5.91 Å². The summed E-state index contributed by atoms with van der Waals surface area (Å²) in [7, 11) is 0. The summed E-state index contributed by atoms with van der Waals surface area (Å²) in [6, 6.07) is 11.6. The van der Waals surface area contributed by atoms with Gasteiger partial charge in [-0.25, -0.2) is 14.8 Å². The topological polar surface area (TPSA) is 83.4 Å². The normalized spacial score (nSPS) is 16.6. The highest BCUT2D eigenvalue weighted by atomic mass is 32.2. The molecule has 0 saturated carbocycles. The molecular formula is C20H19N3O3S2. The third-order valence-corrected chi connectivity index (χ3v) is 6.86. The van der Waals surface area contributed by atoms with Crippen molar-refractivity contribution in [1.29, 1.82) is 0 Å². The molecule has 4 rings (SSSR count). The van der Waals surface area contributed by atoms with Gasteiger partial charge in [0.25, 0.3) is 0 Å². The van der Waals surface area contributed by atoms with E-state index in [1.54, 1.807) is 17.7 Å². The minimum Gasteiger partial charge on any atom is -0.480 e. The van der Waals surface area contributed by atoms with Crippen LogP contribution in [0.15, 0.2) is 47.8 Å². The fourth-order valence-corrected chi connectivity index (χ4v) is 5.37. The highest BCUT2D eigenvalue weighted by Crippen LogP contribution is 2.36. The zero-order chi connectivity index (χ0) is 19.5. The second-order valence-corrected chi connectivity index (χ2v) is 8.67. The molecule has 3 aromatic rings. The molecule has 8 heteroatoms. The standard InChI is InChI=1S/C20H19N3O3S2/c24-17(23-9-4-7-15(23)20(25)26)8-10-27-18-14-11-16(13-5-2-1-3-6-13)28-19(14)22-12-21-18/h1-3,5-6,11-12,15H,4,7-10H2,(H,25,26). The van der Waals surface area contributed by atoms with Gasteiger partial charge in [-0.3, -0.25) is 4.79 Å². The van der Waals surface area contributed by atoms with Gasteiger partial charge >= 0.3 is 5.97 Å². The molecule has 1 atom stereocenters. The zero-order valence-corrected chi connectivity index (χ0v) is 16.7. The number of benzene rings is 1. The van der Waals surface area contributed by atoms with Gasteiger partial charge in [-0.2, -0.15) is 0 Å². The van der Waals surface area contributed by atoms with E-state index in [0.29, 0.717) is 25.1 Å². The first-order chi connectivity index (χ1) is 13.6. The summed E-state index contributed by atoms with van der Waals surface area (Å²) in [5.74, 6) is -0.453. The maximum atomic E-state index is 12.4. The van der Waals surface area contributed by atoms with E-state index in [4.69, 9.17) is 0 Å². The minimum atomic E-state index is -0.914. The number of rotatable bonds is 6. The average molecular weight is 414 g/mol. The minimum absolute atomic E-state index is 0.0991. The Labute approximate surface area is 170 Å². The number of aliphatic carboxylic acids is 1. The lowest BCUT2D eigenvalue weighted by Crippen LogP contribution is -2.40. The lowest BCUT2D eigenvalue weighted by molar-refractivity contribution is -0.148. The van der Waals surface area contributed by atoms with Crippen LogP contribution in [0.5, 0.6) is 0 Å². The first-order valence-corrected chi connectivity index (χ1v) is 10.9. The van der Waals surface area contributed by atoms with Gasteiger partial charge in [0.05, 0.1) is 0 Å². The van der Waals surface area contributed by atoms with Crippen molar-refractivity contribution in [2.45, 2.75) is 30.3 Å². The van der Waals surface area contributed by atoms with Gasteiger partial charge in [0.15, 0.2) is 0 Å². The Morgan fingerprint density at radius 1 is 1.25 bits per heavy atom. The van der Waals surface area contributed by atoms with Crippen LogP contribution in [0.25, 0.3) is 20.7 Å². The number of carboxylic acid groups (broad SMARTS) is 1. The van der Waals surface area contributed by atoms with Crippen LogP contribution >= 0.6 is 23.1 Å². The molecule has 0 bridgehead atoms. The van der Waals surface area contributed by atoms with Crippen LogP contribution in [0.4, 0.5) is 0 Å². The second-order valence-electron chi connectivity index (χ2n) is 6.56. The van der Waals surface area contributed by atoms with E-state index in [1.807, 2.05) is 18.2 Å². The second kappa shape index (κ2) is 8.28. The monoisotopic (exact) mass is 413 g/mol. The number of amides is 1. The molecule has 3 heterocycles. The van der Waals surface area contributed by atoms with Gasteiger partial charge in [-0.1, -0.05) is 30.3 Å². The molecule has 1 unspecified atom stereocenters. The number of fused-ring (bicyclic) bond motifs is 1. The number of carbonyl (C=O) groups excluding carboxylic acids is 1. The highest BCUT2D eigenvalue weighted by molar-refractivity contribution is 7.99. The highest BCUT2D eigenvalue weighted by Gasteiger charge is 2.33. The van der Waals surface area contributed by atoms with Crippen LogP contribution in [0, 0.1) is 0 Å². The Hall–Kier alpha value is -2.45. The van der Waals surface area contributed by atoms with Crippen molar-refractivity contribution in [3.8, 4) is 10.4 Å².